The van der Waals surface area contributed by atoms with Gasteiger partial charge in [0.2, 0.25) is 10.0 Å². The number of amides is 2. The van der Waals surface area contributed by atoms with Crippen molar-refractivity contribution in [3.8, 4) is 0 Å². The lowest BCUT2D eigenvalue weighted by molar-refractivity contribution is 0.0933. The molecular weight excluding hydrogens is 519 g/mol. The third-order valence-corrected chi connectivity index (χ3v) is 8.19. The fourth-order valence-electron chi connectivity index (χ4n) is 4.64. The zero-order chi connectivity index (χ0) is 28.2. The second-order valence-electron chi connectivity index (χ2n) is 9.86. The molecule has 1 unspecified atom stereocenters. The maximum Gasteiger partial charge on any atom is 0.251 e. The number of sulfonamides is 1. The number of nitrogens with zero attached hydrogens (tertiary/aromatic N) is 1. The summed E-state index contributed by atoms with van der Waals surface area (Å²) in [5.41, 5.74) is 2.35. The Morgan fingerprint density at radius 2 is 1.67 bits per heavy atom. The summed E-state index contributed by atoms with van der Waals surface area (Å²) in [6.45, 7) is 2.51. The summed E-state index contributed by atoms with van der Waals surface area (Å²) in [5, 5.41) is 9.35. The van der Waals surface area contributed by atoms with Crippen molar-refractivity contribution >= 4 is 27.5 Å². The number of hydrogen-bond donors (Lipinski definition) is 3. The smallest absolute Gasteiger partial charge is 0.251 e. The summed E-state index contributed by atoms with van der Waals surface area (Å²) < 4.78 is 38.9. The van der Waals surface area contributed by atoms with Crippen molar-refractivity contribution in [1.29, 1.82) is 0 Å². The number of carbonyl (C=O) groups is 2. The van der Waals surface area contributed by atoms with Crippen molar-refractivity contribution in [3.05, 3.63) is 101 Å². The SMILES string of the molecule is C[C@@H](NC(=O)c1cc(C(=O)NC2CCN[C@H]2Cc2ccccc2)cc(N(C)S(C)(=O)=O)c1)c1ccc(F)cc1. The van der Waals surface area contributed by atoms with Crippen LogP contribution in [0.1, 0.15) is 51.2 Å². The molecule has 1 saturated heterocycles. The zero-order valence-corrected chi connectivity index (χ0v) is 23.0. The monoisotopic (exact) mass is 552 g/mol. The van der Waals surface area contributed by atoms with Gasteiger partial charge in [-0.25, -0.2) is 12.8 Å². The van der Waals surface area contributed by atoms with Gasteiger partial charge in [-0.2, -0.15) is 0 Å². The van der Waals surface area contributed by atoms with Crippen LogP contribution >= 0.6 is 0 Å². The maximum atomic E-state index is 13.4. The van der Waals surface area contributed by atoms with Gasteiger partial charge in [0.25, 0.3) is 11.8 Å². The molecule has 0 aliphatic carbocycles. The Morgan fingerprint density at radius 3 is 2.31 bits per heavy atom. The summed E-state index contributed by atoms with van der Waals surface area (Å²) >= 11 is 0. The Balaban J connectivity index is 1.57. The Bertz CT molecular complexity index is 1430. The number of carbonyl (C=O) groups excluding carboxylic acids is 2. The van der Waals surface area contributed by atoms with Crippen LogP contribution in [0.5, 0.6) is 0 Å². The largest absolute Gasteiger partial charge is 0.348 e. The molecule has 0 radical (unpaired) electrons. The van der Waals surface area contributed by atoms with Crippen molar-refractivity contribution < 1.29 is 22.4 Å². The van der Waals surface area contributed by atoms with E-state index in [4.69, 9.17) is 0 Å². The topological polar surface area (TPSA) is 108 Å². The highest BCUT2D eigenvalue weighted by Crippen LogP contribution is 2.23. The molecule has 3 aromatic rings. The van der Waals surface area contributed by atoms with E-state index >= 15 is 0 Å². The number of hydrogen-bond acceptors (Lipinski definition) is 5. The molecule has 206 valence electrons. The second-order valence-corrected chi connectivity index (χ2v) is 11.9. The van der Waals surface area contributed by atoms with Gasteiger partial charge in [-0.15, -0.1) is 0 Å². The van der Waals surface area contributed by atoms with E-state index < -0.39 is 27.9 Å². The summed E-state index contributed by atoms with van der Waals surface area (Å²) in [6, 6.07) is 19.6. The number of halogens is 1. The van der Waals surface area contributed by atoms with Gasteiger partial charge in [-0.05, 0) is 67.8 Å². The highest BCUT2D eigenvalue weighted by molar-refractivity contribution is 7.92. The lowest BCUT2D eigenvalue weighted by Crippen LogP contribution is -2.44. The number of anilines is 1. The minimum atomic E-state index is -3.65. The first-order valence-corrected chi connectivity index (χ1v) is 14.6. The highest BCUT2D eigenvalue weighted by Gasteiger charge is 2.29. The molecule has 8 nitrogen and oxygen atoms in total. The molecule has 0 bridgehead atoms. The van der Waals surface area contributed by atoms with Gasteiger partial charge >= 0.3 is 0 Å². The zero-order valence-electron chi connectivity index (χ0n) is 22.1. The van der Waals surface area contributed by atoms with Gasteiger partial charge in [-0.3, -0.25) is 13.9 Å². The minimum absolute atomic E-state index is 0.0394. The van der Waals surface area contributed by atoms with Gasteiger partial charge in [0.15, 0.2) is 0 Å². The van der Waals surface area contributed by atoms with Crippen LogP contribution in [0.15, 0.2) is 72.8 Å². The van der Waals surface area contributed by atoms with E-state index in [1.54, 1.807) is 19.1 Å². The second kappa shape index (κ2) is 12.0. The molecular formula is C29H33FN4O4S. The maximum absolute atomic E-state index is 13.4. The molecule has 1 fully saturated rings. The van der Waals surface area contributed by atoms with Crippen molar-refractivity contribution in [1.82, 2.24) is 16.0 Å². The van der Waals surface area contributed by atoms with E-state index in [1.807, 2.05) is 30.3 Å². The van der Waals surface area contributed by atoms with E-state index in [9.17, 15) is 22.4 Å². The lowest BCUT2D eigenvalue weighted by Gasteiger charge is -2.23. The Morgan fingerprint density at radius 1 is 1.03 bits per heavy atom. The summed E-state index contributed by atoms with van der Waals surface area (Å²) in [6.07, 6.45) is 2.54. The molecule has 10 heteroatoms. The molecule has 1 heterocycles. The van der Waals surface area contributed by atoms with Crippen LogP contribution in [0.25, 0.3) is 0 Å². The molecule has 4 rings (SSSR count). The van der Waals surface area contributed by atoms with E-state index in [0.717, 1.165) is 35.5 Å². The fourth-order valence-corrected chi connectivity index (χ4v) is 5.12. The van der Waals surface area contributed by atoms with E-state index in [1.165, 1.54) is 37.4 Å². The van der Waals surface area contributed by atoms with E-state index in [2.05, 4.69) is 16.0 Å². The number of nitrogens with one attached hydrogen (secondary N) is 3. The first-order chi connectivity index (χ1) is 18.5. The third kappa shape index (κ3) is 7.21. The first-order valence-electron chi connectivity index (χ1n) is 12.7. The molecule has 2 amide bonds. The van der Waals surface area contributed by atoms with Crippen LogP contribution in [0, 0.1) is 5.82 Å². The van der Waals surface area contributed by atoms with Crippen LogP contribution < -0.4 is 20.3 Å². The predicted molar refractivity (Wildman–Crippen MR) is 150 cm³/mol. The predicted octanol–water partition coefficient (Wildman–Crippen LogP) is 3.42. The van der Waals surface area contributed by atoms with Gasteiger partial charge in [-0.1, -0.05) is 42.5 Å². The molecule has 3 atom stereocenters. The van der Waals surface area contributed by atoms with Gasteiger partial charge < -0.3 is 16.0 Å². The van der Waals surface area contributed by atoms with Crippen molar-refractivity contribution in [2.75, 3.05) is 24.2 Å². The molecule has 1 aliphatic heterocycles. The average Bonchev–Trinajstić information content (AvgIpc) is 3.34. The molecule has 3 N–H and O–H groups in total. The Labute approximate surface area is 228 Å². The van der Waals surface area contributed by atoms with E-state index in [0.29, 0.717) is 5.56 Å². The third-order valence-electron chi connectivity index (χ3n) is 6.98. The summed E-state index contributed by atoms with van der Waals surface area (Å²) in [4.78, 5) is 26.6. The average molecular weight is 553 g/mol. The number of benzene rings is 3. The first kappa shape index (κ1) is 28.3. The molecule has 39 heavy (non-hydrogen) atoms. The van der Waals surface area contributed by atoms with Gasteiger partial charge in [0.1, 0.15) is 5.82 Å². The molecule has 0 spiro atoms. The Hall–Kier alpha value is -3.76. The number of rotatable bonds is 9. The fraction of sp³-hybridized carbons (Fsp3) is 0.310. The van der Waals surface area contributed by atoms with E-state index in [-0.39, 0.29) is 34.7 Å². The van der Waals surface area contributed by atoms with Crippen molar-refractivity contribution in [2.45, 2.75) is 37.9 Å². The quantitative estimate of drug-likeness (QED) is 0.377. The minimum Gasteiger partial charge on any atom is -0.348 e. The van der Waals surface area contributed by atoms with Gasteiger partial charge in [0, 0.05) is 30.3 Å². The highest BCUT2D eigenvalue weighted by atomic mass is 32.2. The molecule has 3 aromatic carbocycles. The Kier molecular flexibility index (Phi) is 8.66. The van der Waals surface area contributed by atoms with Crippen LogP contribution in [-0.2, 0) is 16.4 Å². The normalized spacial score (nSPS) is 17.8. The van der Waals surface area contributed by atoms with Crippen LogP contribution in [0.2, 0.25) is 0 Å². The standard InChI is InChI=1S/C29H33FN4O4S/c1-19(21-9-11-24(30)12-10-21)32-28(35)22-16-23(18-25(17-22)34(2)39(3,37)38)29(36)33-26-13-14-31-27(26)15-20-7-5-4-6-8-20/h4-12,16-19,26-27,31H,13-15H2,1-3H3,(H,32,35)(H,33,36)/t19-,26?,27+/m1/s1. The summed E-state index contributed by atoms with van der Waals surface area (Å²) in [5.74, 6) is -1.27. The van der Waals surface area contributed by atoms with Crippen molar-refractivity contribution in [3.63, 3.8) is 0 Å². The van der Waals surface area contributed by atoms with Gasteiger partial charge in [0.05, 0.1) is 18.0 Å². The molecule has 0 aromatic heterocycles. The molecule has 0 saturated carbocycles. The van der Waals surface area contributed by atoms with Crippen LogP contribution in [0.3, 0.4) is 0 Å². The summed E-state index contributed by atoms with van der Waals surface area (Å²) in [7, 11) is -2.29. The lowest BCUT2D eigenvalue weighted by atomic mass is 10.00. The van der Waals surface area contributed by atoms with Crippen LogP contribution in [0.4, 0.5) is 10.1 Å². The van der Waals surface area contributed by atoms with Crippen LogP contribution in [-0.4, -0.2) is 52.2 Å². The molecule has 1 aliphatic rings. The van der Waals surface area contributed by atoms with Crippen molar-refractivity contribution in [2.24, 2.45) is 0 Å².